The summed E-state index contributed by atoms with van der Waals surface area (Å²) in [7, 11) is 0. The zero-order valence-electron chi connectivity index (χ0n) is 7.17. The van der Waals surface area contributed by atoms with Crippen molar-refractivity contribution in [2.24, 2.45) is 0 Å². The van der Waals surface area contributed by atoms with Crippen LogP contribution >= 0.6 is 15.9 Å². The summed E-state index contributed by atoms with van der Waals surface area (Å²) in [6, 6.07) is 3.74. The summed E-state index contributed by atoms with van der Waals surface area (Å²) in [6.45, 7) is 2.82. The van der Waals surface area contributed by atoms with Crippen LogP contribution in [0.15, 0.2) is 16.6 Å². The number of benzene rings is 1. The van der Waals surface area contributed by atoms with Gasteiger partial charge in [0.15, 0.2) is 11.5 Å². The number of halogens is 1. The molecule has 0 N–H and O–H groups in total. The zero-order chi connectivity index (χ0) is 9.26. The third kappa shape index (κ3) is 1.58. The van der Waals surface area contributed by atoms with E-state index in [0.29, 0.717) is 12.4 Å². The van der Waals surface area contributed by atoms with E-state index in [-0.39, 0.29) is 6.79 Å². The molecule has 0 amide bonds. The molecule has 0 saturated heterocycles. The highest BCUT2D eigenvalue weighted by atomic mass is 79.9. The Morgan fingerprint density at radius 2 is 2.31 bits per heavy atom. The average Bonchev–Trinajstić information content (AvgIpc) is 2.52. The van der Waals surface area contributed by atoms with Gasteiger partial charge in [-0.05, 0) is 19.1 Å². The Labute approximate surface area is 84.7 Å². The Hall–Kier alpha value is -0.900. The van der Waals surface area contributed by atoms with E-state index in [4.69, 9.17) is 14.2 Å². The third-order valence-corrected chi connectivity index (χ3v) is 2.16. The summed E-state index contributed by atoms with van der Waals surface area (Å²) in [5, 5.41) is 0. The highest BCUT2D eigenvalue weighted by Gasteiger charge is 2.19. The number of ether oxygens (including phenoxy) is 3. The van der Waals surface area contributed by atoms with E-state index in [0.717, 1.165) is 16.0 Å². The van der Waals surface area contributed by atoms with Crippen LogP contribution in [-0.2, 0) is 0 Å². The van der Waals surface area contributed by atoms with Crippen molar-refractivity contribution in [3.8, 4) is 17.2 Å². The van der Waals surface area contributed by atoms with Gasteiger partial charge in [0.1, 0.15) is 0 Å². The third-order valence-electron chi connectivity index (χ3n) is 1.70. The summed E-state index contributed by atoms with van der Waals surface area (Å²) in [5.74, 6) is 2.16. The molecule has 1 aliphatic heterocycles. The molecule has 1 aromatic carbocycles. The topological polar surface area (TPSA) is 27.7 Å². The molecule has 70 valence electrons. The van der Waals surface area contributed by atoms with E-state index in [2.05, 4.69) is 15.9 Å². The summed E-state index contributed by atoms with van der Waals surface area (Å²) in [4.78, 5) is 0. The van der Waals surface area contributed by atoms with E-state index >= 15 is 0 Å². The van der Waals surface area contributed by atoms with Crippen LogP contribution in [0, 0.1) is 0 Å². The van der Waals surface area contributed by atoms with Gasteiger partial charge in [-0.15, -0.1) is 0 Å². The second-order valence-electron chi connectivity index (χ2n) is 2.57. The first-order valence-corrected chi connectivity index (χ1v) is 4.82. The van der Waals surface area contributed by atoms with Gasteiger partial charge in [0.2, 0.25) is 12.5 Å². The molecule has 13 heavy (non-hydrogen) atoms. The van der Waals surface area contributed by atoms with Gasteiger partial charge < -0.3 is 14.2 Å². The standard InChI is InChI=1S/C9H9BrO3/c1-2-11-7-3-6(10)4-8-9(7)13-5-12-8/h3-4H,2,5H2,1H3. The fourth-order valence-corrected chi connectivity index (χ4v) is 1.62. The number of hydrogen-bond donors (Lipinski definition) is 0. The van der Waals surface area contributed by atoms with E-state index in [1.54, 1.807) is 0 Å². The Bertz CT molecular complexity index is 325. The molecule has 0 fully saturated rings. The fourth-order valence-electron chi connectivity index (χ4n) is 1.21. The van der Waals surface area contributed by atoms with Gasteiger partial charge in [0.25, 0.3) is 0 Å². The molecule has 0 aliphatic carbocycles. The first kappa shape index (κ1) is 8.69. The normalized spacial score (nSPS) is 13.1. The van der Waals surface area contributed by atoms with Gasteiger partial charge >= 0.3 is 0 Å². The largest absolute Gasteiger partial charge is 0.490 e. The van der Waals surface area contributed by atoms with Crippen molar-refractivity contribution < 1.29 is 14.2 Å². The minimum absolute atomic E-state index is 0.270. The second kappa shape index (κ2) is 3.46. The highest BCUT2D eigenvalue weighted by Crippen LogP contribution is 2.43. The van der Waals surface area contributed by atoms with Crippen LogP contribution in [0.3, 0.4) is 0 Å². The van der Waals surface area contributed by atoms with E-state index in [1.165, 1.54) is 0 Å². The van der Waals surface area contributed by atoms with Crippen molar-refractivity contribution in [2.45, 2.75) is 6.92 Å². The van der Waals surface area contributed by atoms with Crippen LogP contribution in [0.1, 0.15) is 6.92 Å². The Kier molecular flexibility index (Phi) is 2.31. The van der Waals surface area contributed by atoms with Crippen molar-refractivity contribution >= 4 is 15.9 Å². The maximum atomic E-state index is 5.39. The minimum Gasteiger partial charge on any atom is -0.490 e. The fraction of sp³-hybridized carbons (Fsp3) is 0.333. The number of fused-ring (bicyclic) bond motifs is 1. The highest BCUT2D eigenvalue weighted by molar-refractivity contribution is 9.10. The Balaban J connectivity index is 2.43. The predicted molar refractivity (Wildman–Crippen MR) is 51.4 cm³/mol. The van der Waals surface area contributed by atoms with Crippen LogP contribution in [0.25, 0.3) is 0 Å². The average molecular weight is 245 g/mol. The van der Waals surface area contributed by atoms with Crippen molar-refractivity contribution in [1.29, 1.82) is 0 Å². The van der Waals surface area contributed by atoms with Crippen molar-refractivity contribution in [1.82, 2.24) is 0 Å². The molecular weight excluding hydrogens is 236 g/mol. The molecule has 1 aliphatic rings. The lowest BCUT2D eigenvalue weighted by Gasteiger charge is -2.06. The lowest BCUT2D eigenvalue weighted by atomic mass is 10.3. The van der Waals surface area contributed by atoms with Crippen LogP contribution in [0.4, 0.5) is 0 Å². The molecule has 0 unspecified atom stereocenters. The number of rotatable bonds is 2. The lowest BCUT2D eigenvalue weighted by Crippen LogP contribution is -1.95. The van der Waals surface area contributed by atoms with Crippen LogP contribution in [-0.4, -0.2) is 13.4 Å². The minimum atomic E-state index is 0.270. The van der Waals surface area contributed by atoms with Crippen molar-refractivity contribution in [3.63, 3.8) is 0 Å². The molecule has 0 atom stereocenters. The first-order valence-electron chi connectivity index (χ1n) is 4.03. The molecule has 3 nitrogen and oxygen atoms in total. The lowest BCUT2D eigenvalue weighted by molar-refractivity contribution is 0.170. The van der Waals surface area contributed by atoms with Gasteiger partial charge in [0, 0.05) is 4.47 Å². The van der Waals surface area contributed by atoms with E-state index in [9.17, 15) is 0 Å². The molecule has 2 rings (SSSR count). The molecule has 0 saturated carbocycles. The van der Waals surface area contributed by atoms with Gasteiger partial charge in [-0.1, -0.05) is 15.9 Å². The SMILES string of the molecule is CCOc1cc(Br)cc2c1OCO2. The Morgan fingerprint density at radius 1 is 1.46 bits per heavy atom. The molecular formula is C9H9BrO3. The number of hydrogen-bond acceptors (Lipinski definition) is 3. The van der Waals surface area contributed by atoms with E-state index < -0.39 is 0 Å². The molecule has 0 aromatic heterocycles. The molecule has 0 bridgehead atoms. The van der Waals surface area contributed by atoms with E-state index in [1.807, 2.05) is 19.1 Å². The van der Waals surface area contributed by atoms with Crippen LogP contribution < -0.4 is 14.2 Å². The second-order valence-corrected chi connectivity index (χ2v) is 3.49. The molecule has 1 aromatic rings. The monoisotopic (exact) mass is 244 g/mol. The zero-order valence-corrected chi connectivity index (χ0v) is 8.76. The molecule has 0 radical (unpaired) electrons. The summed E-state index contributed by atoms with van der Waals surface area (Å²) >= 11 is 3.37. The van der Waals surface area contributed by atoms with Gasteiger partial charge in [0.05, 0.1) is 6.61 Å². The summed E-state index contributed by atoms with van der Waals surface area (Å²) < 4.78 is 16.8. The van der Waals surface area contributed by atoms with Gasteiger partial charge in [-0.3, -0.25) is 0 Å². The Morgan fingerprint density at radius 3 is 3.08 bits per heavy atom. The van der Waals surface area contributed by atoms with Gasteiger partial charge in [-0.2, -0.15) is 0 Å². The maximum absolute atomic E-state index is 5.39. The predicted octanol–water partition coefficient (Wildman–Crippen LogP) is 2.58. The van der Waals surface area contributed by atoms with Gasteiger partial charge in [-0.25, -0.2) is 0 Å². The molecule has 1 heterocycles. The maximum Gasteiger partial charge on any atom is 0.231 e. The summed E-state index contributed by atoms with van der Waals surface area (Å²) in [6.07, 6.45) is 0. The van der Waals surface area contributed by atoms with Crippen molar-refractivity contribution in [3.05, 3.63) is 16.6 Å². The first-order chi connectivity index (χ1) is 6.31. The summed E-state index contributed by atoms with van der Waals surface area (Å²) in [5.41, 5.74) is 0. The van der Waals surface area contributed by atoms with Crippen LogP contribution in [0.5, 0.6) is 17.2 Å². The molecule has 4 heteroatoms. The molecule has 0 spiro atoms. The van der Waals surface area contributed by atoms with Crippen LogP contribution in [0.2, 0.25) is 0 Å². The van der Waals surface area contributed by atoms with Crippen molar-refractivity contribution in [2.75, 3.05) is 13.4 Å². The quantitative estimate of drug-likeness (QED) is 0.801. The smallest absolute Gasteiger partial charge is 0.231 e.